The fourth-order valence-electron chi connectivity index (χ4n) is 3.80. The zero-order valence-electron chi connectivity index (χ0n) is 12.8. The van der Waals surface area contributed by atoms with Gasteiger partial charge in [-0.1, -0.05) is 20.8 Å². The summed E-state index contributed by atoms with van der Waals surface area (Å²) >= 11 is 0. The number of hydrogen-bond acceptors (Lipinski definition) is 2. The fourth-order valence-corrected chi connectivity index (χ4v) is 3.80. The minimum absolute atomic E-state index is 0.0399. The molecule has 1 saturated heterocycles. The summed E-state index contributed by atoms with van der Waals surface area (Å²) in [6, 6.07) is -0.589. The highest BCUT2D eigenvalue weighted by Gasteiger charge is 2.56. The number of carbonyl (C=O) groups is 2. The van der Waals surface area contributed by atoms with Gasteiger partial charge < -0.3 is 10.2 Å². The molecular formula is C16H26N2O2. The summed E-state index contributed by atoms with van der Waals surface area (Å²) in [7, 11) is 0. The van der Waals surface area contributed by atoms with Crippen molar-refractivity contribution in [1.29, 1.82) is 0 Å². The van der Waals surface area contributed by atoms with Crippen LogP contribution in [-0.4, -0.2) is 35.3 Å². The number of carbonyl (C=O) groups excluding carboxylic acids is 2. The van der Waals surface area contributed by atoms with Crippen LogP contribution in [0.15, 0.2) is 0 Å². The van der Waals surface area contributed by atoms with E-state index in [4.69, 9.17) is 0 Å². The lowest BCUT2D eigenvalue weighted by Crippen LogP contribution is -2.65. The average molecular weight is 278 g/mol. The highest BCUT2D eigenvalue weighted by atomic mass is 16.2. The average Bonchev–Trinajstić information content (AvgIpc) is 3.25. The molecule has 3 aliphatic rings. The number of piperazine rings is 1. The van der Waals surface area contributed by atoms with E-state index >= 15 is 0 Å². The molecule has 0 radical (unpaired) electrons. The first-order chi connectivity index (χ1) is 9.48. The summed E-state index contributed by atoms with van der Waals surface area (Å²) in [6.45, 7) is 6.84. The van der Waals surface area contributed by atoms with E-state index in [-0.39, 0.29) is 29.8 Å². The molecule has 2 saturated carbocycles. The van der Waals surface area contributed by atoms with Crippen molar-refractivity contribution in [2.24, 2.45) is 17.3 Å². The van der Waals surface area contributed by atoms with E-state index in [9.17, 15) is 9.59 Å². The maximum atomic E-state index is 12.7. The molecule has 3 fully saturated rings. The predicted octanol–water partition coefficient (Wildman–Crippen LogP) is 1.94. The smallest absolute Gasteiger partial charge is 0.245 e. The SMILES string of the molecule is CCC1NC(=O)C(C(C)C)N(CC2(C3CC3)CC2)C1=O. The van der Waals surface area contributed by atoms with Gasteiger partial charge in [0, 0.05) is 6.54 Å². The number of hydrogen-bond donors (Lipinski definition) is 1. The van der Waals surface area contributed by atoms with Gasteiger partial charge in [0.15, 0.2) is 0 Å². The van der Waals surface area contributed by atoms with Gasteiger partial charge in [0.25, 0.3) is 0 Å². The summed E-state index contributed by atoms with van der Waals surface area (Å²) in [5.41, 5.74) is 0.360. The number of nitrogens with one attached hydrogen (secondary N) is 1. The van der Waals surface area contributed by atoms with Gasteiger partial charge >= 0.3 is 0 Å². The molecule has 0 aromatic carbocycles. The molecule has 0 aromatic rings. The van der Waals surface area contributed by atoms with Crippen LogP contribution in [0.5, 0.6) is 0 Å². The number of nitrogens with zero attached hydrogens (tertiary/aromatic N) is 1. The molecule has 0 bridgehead atoms. The van der Waals surface area contributed by atoms with Crippen molar-refractivity contribution in [3.63, 3.8) is 0 Å². The van der Waals surface area contributed by atoms with Crippen LogP contribution in [0.3, 0.4) is 0 Å². The quantitative estimate of drug-likeness (QED) is 0.835. The Morgan fingerprint density at radius 3 is 2.40 bits per heavy atom. The van der Waals surface area contributed by atoms with E-state index in [0.29, 0.717) is 11.8 Å². The van der Waals surface area contributed by atoms with E-state index < -0.39 is 0 Å². The molecule has 112 valence electrons. The second-order valence-electron chi connectivity index (χ2n) is 7.26. The normalized spacial score (nSPS) is 32.5. The van der Waals surface area contributed by atoms with Gasteiger partial charge in [-0.25, -0.2) is 0 Å². The van der Waals surface area contributed by atoms with E-state index in [1.54, 1.807) is 0 Å². The zero-order valence-corrected chi connectivity index (χ0v) is 12.8. The maximum absolute atomic E-state index is 12.7. The van der Waals surface area contributed by atoms with Crippen LogP contribution in [0.25, 0.3) is 0 Å². The summed E-state index contributed by atoms with van der Waals surface area (Å²) in [5, 5.41) is 2.90. The molecule has 4 heteroatoms. The molecule has 1 aliphatic heterocycles. The van der Waals surface area contributed by atoms with Crippen LogP contribution >= 0.6 is 0 Å². The highest BCUT2D eigenvalue weighted by molar-refractivity contribution is 5.97. The predicted molar refractivity (Wildman–Crippen MR) is 77.0 cm³/mol. The third-order valence-electron chi connectivity index (χ3n) is 5.36. The van der Waals surface area contributed by atoms with Gasteiger partial charge in [0.05, 0.1) is 0 Å². The summed E-state index contributed by atoms with van der Waals surface area (Å²) in [5.74, 6) is 1.16. The molecule has 1 heterocycles. The van der Waals surface area contributed by atoms with Crippen molar-refractivity contribution in [1.82, 2.24) is 10.2 Å². The molecule has 1 N–H and O–H groups in total. The van der Waals surface area contributed by atoms with Gasteiger partial charge in [-0.3, -0.25) is 9.59 Å². The van der Waals surface area contributed by atoms with E-state index in [1.165, 1.54) is 25.7 Å². The molecular weight excluding hydrogens is 252 g/mol. The summed E-state index contributed by atoms with van der Waals surface area (Å²) in [6.07, 6.45) is 5.80. The number of rotatable bonds is 5. The highest BCUT2D eigenvalue weighted by Crippen LogP contribution is 2.61. The molecule has 0 spiro atoms. The lowest BCUT2D eigenvalue weighted by atomic mass is 9.92. The summed E-state index contributed by atoms with van der Waals surface area (Å²) in [4.78, 5) is 26.9. The Kier molecular flexibility index (Phi) is 3.30. The first-order valence-electron chi connectivity index (χ1n) is 8.09. The van der Waals surface area contributed by atoms with Crippen molar-refractivity contribution in [3.05, 3.63) is 0 Å². The van der Waals surface area contributed by atoms with Gasteiger partial charge in [0.2, 0.25) is 11.8 Å². The Hall–Kier alpha value is -1.06. The first-order valence-corrected chi connectivity index (χ1v) is 8.09. The molecule has 2 aliphatic carbocycles. The number of amides is 2. The molecule has 0 aromatic heterocycles. The van der Waals surface area contributed by atoms with Crippen LogP contribution in [0.1, 0.15) is 52.9 Å². The minimum Gasteiger partial charge on any atom is -0.343 e. The Labute approximate surface area is 121 Å². The van der Waals surface area contributed by atoms with Crippen molar-refractivity contribution >= 4 is 11.8 Å². The lowest BCUT2D eigenvalue weighted by molar-refractivity contribution is -0.152. The Balaban J connectivity index is 1.81. The molecule has 20 heavy (non-hydrogen) atoms. The standard InChI is InChI=1S/C16H26N2O2/c1-4-12-15(20)18(13(10(2)3)14(19)17-12)9-16(7-8-16)11-5-6-11/h10-13H,4-9H2,1-3H3,(H,17,19). The second kappa shape index (κ2) is 4.74. The Morgan fingerprint density at radius 2 is 1.95 bits per heavy atom. The lowest BCUT2D eigenvalue weighted by Gasteiger charge is -2.42. The molecule has 3 rings (SSSR count). The van der Waals surface area contributed by atoms with E-state index in [0.717, 1.165) is 12.5 Å². The molecule has 2 atom stereocenters. The van der Waals surface area contributed by atoms with Crippen LogP contribution in [0.4, 0.5) is 0 Å². The van der Waals surface area contributed by atoms with Gasteiger partial charge in [-0.05, 0) is 49.4 Å². The van der Waals surface area contributed by atoms with Crippen LogP contribution in [0.2, 0.25) is 0 Å². The van der Waals surface area contributed by atoms with Crippen molar-refractivity contribution in [2.75, 3.05) is 6.54 Å². The molecule has 2 unspecified atom stereocenters. The van der Waals surface area contributed by atoms with Crippen molar-refractivity contribution in [2.45, 2.75) is 65.0 Å². The van der Waals surface area contributed by atoms with Gasteiger partial charge in [0.1, 0.15) is 12.1 Å². The van der Waals surface area contributed by atoms with Gasteiger partial charge in [-0.15, -0.1) is 0 Å². The van der Waals surface area contributed by atoms with Crippen molar-refractivity contribution < 1.29 is 9.59 Å². The monoisotopic (exact) mass is 278 g/mol. The molecule has 4 nitrogen and oxygen atoms in total. The minimum atomic E-state index is -0.312. The third-order valence-corrected chi connectivity index (χ3v) is 5.36. The maximum Gasteiger partial charge on any atom is 0.245 e. The van der Waals surface area contributed by atoms with E-state index in [2.05, 4.69) is 5.32 Å². The third kappa shape index (κ3) is 2.23. The topological polar surface area (TPSA) is 49.4 Å². The Bertz CT molecular complexity index is 424. The van der Waals surface area contributed by atoms with Crippen molar-refractivity contribution in [3.8, 4) is 0 Å². The zero-order chi connectivity index (χ0) is 14.5. The Morgan fingerprint density at radius 1 is 1.30 bits per heavy atom. The first kappa shape index (κ1) is 13.9. The largest absolute Gasteiger partial charge is 0.343 e. The summed E-state index contributed by atoms with van der Waals surface area (Å²) < 4.78 is 0. The van der Waals surface area contributed by atoms with Crippen LogP contribution in [-0.2, 0) is 9.59 Å². The van der Waals surface area contributed by atoms with Gasteiger partial charge in [-0.2, -0.15) is 0 Å². The fraction of sp³-hybridized carbons (Fsp3) is 0.875. The van der Waals surface area contributed by atoms with Crippen LogP contribution in [0, 0.1) is 17.3 Å². The second-order valence-corrected chi connectivity index (χ2v) is 7.26. The van der Waals surface area contributed by atoms with E-state index in [1.807, 2.05) is 25.7 Å². The molecule has 2 amide bonds. The van der Waals surface area contributed by atoms with Crippen LogP contribution < -0.4 is 5.32 Å².